The number of likely N-dealkylation sites (N-methyl/N-ethyl adjacent to an activating group) is 1. The van der Waals surface area contributed by atoms with Gasteiger partial charge in [0.2, 0.25) is 5.91 Å². The first kappa shape index (κ1) is 16.7. The van der Waals surface area contributed by atoms with Crippen LogP contribution in [0.25, 0.3) is 0 Å². The van der Waals surface area contributed by atoms with Crippen LogP contribution in [0.4, 0.5) is 13.2 Å². The van der Waals surface area contributed by atoms with E-state index in [1.54, 1.807) is 0 Å². The van der Waals surface area contributed by atoms with Crippen molar-refractivity contribution in [2.45, 2.75) is 63.6 Å². The molecule has 0 spiro atoms. The summed E-state index contributed by atoms with van der Waals surface area (Å²) in [7, 11) is 1.89. The van der Waals surface area contributed by atoms with Gasteiger partial charge >= 0.3 is 6.18 Å². The van der Waals surface area contributed by atoms with Crippen LogP contribution >= 0.6 is 0 Å². The van der Waals surface area contributed by atoms with Gasteiger partial charge in [-0.25, -0.2) is 0 Å². The molecule has 24 heavy (non-hydrogen) atoms. The Morgan fingerprint density at radius 1 is 1.17 bits per heavy atom. The van der Waals surface area contributed by atoms with Crippen LogP contribution in [0.5, 0.6) is 0 Å². The predicted octanol–water partition coefficient (Wildman–Crippen LogP) is 3.35. The minimum absolute atomic E-state index is 0.0187. The first-order valence-corrected chi connectivity index (χ1v) is 9.30. The normalized spacial score (nSPS) is 44.8. The minimum Gasteiger partial charge on any atom is -0.341 e. The molecule has 3 atom stereocenters. The van der Waals surface area contributed by atoms with Gasteiger partial charge in [0.05, 0.1) is 10.8 Å². The standard InChI is InChI=1S/C18H27F3N2O/c1-22-14-3-2-4-23(10-14)15(24)16-6-12-5-13(7-16)9-17(8-12,11-16)18(19,20)21/h12-14,22H,2-11H2,1H3. The third-order valence-corrected chi connectivity index (χ3v) is 7.23. The summed E-state index contributed by atoms with van der Waals surface area (Å²) in [6.07, 6.45) is 0.591. The monoisotopic (exact) mass is 344 g/mol. The van der Waals surface area contributed by atoms with Gasteiger partial charge < -0.3 is 10.2 Å². The largest absolute Gasteiger partial charge is 0.394 e. The van der Waals surface area contributed by atoms with Crippen molar-refractivity contribution in [2.24, 2.45) is 22.7 Å². The van der Waals surface area contributed by atoms with E-state index < -0.39 is 17.0 Å². The van der Waals surface area contributed by atoms with E-state index in [1.807, 2.05) is 11.9 Å². The molecule has 1 N–H and O–H groups in total. The molecule has 136 valence electrons. The molecule has 5 fully saturated rings. The summed E-state index contributed by atoms with van der Waals surface area (Å²) >= 11 is 0. The summed E-state index contributed by atoms with van der Waals surface area (Å²) in [6.45, 7) is 1.35. The molecule has 0 aromatic carbocycles. The summed E-state index contributed by atoms with van der Waals surface area (Å²) in [5.41, 5.74) is -2.33. The van der Waals surface area contributed by atoms with E-state index in [4.69, 9.17) is 0 Å². The summed E-state index contributed by atoms with van der Waals surface area (Å²) in [5.74, 6) is 0.189. The van der Waals surface area contributed by atoms with Crippen molar-refractivity contribution in [1.29, 1.82) is 0 Å². The number of likely N-dealkylation sites (tertiary alicyclic amines) is 1. The van der Waals surface area contributed by atoms with Crippen LogP contribution in [-0.2, 0) is 4.79 Å². The smallest absolute Gasteiger partial charge is 0.341 e. The van der Waals surface area contributed by atoms with E-state index in [0.29, 0.717) is 25.9 Å². The first-order valence-electron chi connectivity index (χ1n) is 9.30. The number of halogens is 3. The van der Waals surface area contributed by atoms with Crippen LogP contribution in [0.2, 0.25) is 0 Å². The molecule has 1 heterocycles. The molecule has 6 heteroatoms. The van der Waals surface area contributed by atoms with Gasteiger partial charge in [0.1, 0.15) is 0 Å². The molecule has 4 bridgehead atoms. The average Bonchev–Trinajstić information content (AvgIpc) is 2.52. The molecule has 1 amide bonds. The SMILES string of the molecule is CNC1CCCN(C(=O)C23CC4CC(C2)CC(C(F)(F)F)(C4)C3)C1. The van der Waals surface area contributed by atoms with Gasteiger partial charge in [-0.05, 0) is 70.3 Å². The highest BCUT2D eigenvalue weighted by atomic mass is 19.4. The van der Waals surface area contributed by atoms with Crippen LogP contribution in [0.15, 0.2) is 0 Å². The summed E-state index contributed by atoms with van der Waals surface area (Å²) < 4.78 is 41.6. The van der Waals surface area contributed by atoms with Gasteiger partial charge in [-0.3, -0.25) is 4.79 Å². The fraction of sp³-hybridized carbons (Fsp3) is 0.944. The van der Waals surface area contributed by atoms with Gasteiger partial charge in [-0.2, -0.15) is 13.2 Å². The van der Waals surface area contributed by atoms with Crippen molar-refractivity contribution >= 4 is 5.91 Å². The fourth-order valence-electron chi connectivity index (χ4n) is 6.58. The minimum atomic E-state index is -4.17. The van der Waals surface area contributed by atoms with Crippen LogP contribution in [0, 0.1) is 22.7 Å². The second kappa shape index (κ2) is 5.36. The number of nitrogens with one attached hydrogen (secondary N) is 1. The quantitative estimate of drug-likeness (QED) is 0.833. The van der Waals surface area contributed by atoms with Crippen molar-refractivity contribution < 1.29 is 18.0 Å². The van der Waals surface area contributed by atoms with Crippen LogP contribution < -0.4 is 5.32 Å². The zero-order valence-electron chi connectivity index (χ0n) is 14.3. The maximum atomic E-state index is 13.9. The molecule has 4 aliphatic carbocycles. The van der Waals surface area contributed by atoms with Crippen molar-refractivity contribution in [3.8, 4) is 0 Å². The average molecular weight is 344 g/mol. The Bertz CT molecular complexity index is 519. The van der Waals surface area contributed by atoms with E-state index in [9.17, 15) is 18.0 Å². The molecular weight excluding hydrogens is 317 g/mol. The van der Waals surface area contributed by atoms with Crippen LogP contribution in [0.1, 0.15) is 51.4 Å². The maximum Gasteiger partial charge on any atom is 0.394 e. The Morgan fingerprint density at radius 2 is 1.83 bits per heavy atom. The van der Waals surface area contributed by atoms with Gasteiger partial charge in [-0.1, -0.05) is 0 Å². The number of carbonyl (C=O) groups excluding carboxylic acids is 1. The highest BCUT2D eigenvalue weighted by Crippen LogP contribution is 2.69. The van der Waals surface area contributed by atoms with Gasteiger partial charge in [0, 0.05) is 19.1 Å². The highest BCUT2D eigenvalue weighted by Gasteiger charge is 2.69. The molecule has 1 aliphatic heterocycles. The van der Waals surface area contributed by atoms with Crippen LogP contribution in [0.3, 0.4) is 0 Å². The molecule has 0 radical (unpaired) electrons. The number of rotatable bonds is 2. The lowest BCUT2D eigenvalue weighted by atomic mass is 9.43. The van der Waals surface area contributed by atoms with Crippen molar-refractivity contribution in [3.63, 3.8) is 0 Å². The Labute approximate surface area is 141 Å². The van der Waals surface area contributed by atoms with E-state index >= 15 is 0 Å². The summed E-state index contributed by atoms with van der Waals surface area (Å²) in [4.78, 5) is 15.2. The van der Waals surface area contributed by atoms with Crippen LogP contribution in [-0.4, -0.2) is 43.2 Å². The van der Waals surface area contributed by atoms with Crippen molar-refractivity contribution in [2.75, 3.05) is 20.1 Å². The number of alkyl halides is 3. The van der Waals surface area contributed by atoms with E-state index in [1.165, 1.54) is 0 Å². The molecule has 0 aromatic rings. The zero-order chi connectivity index (χ0) is 17.2. The number of carbonyl (C=O) groups is 1. The Morgan fingerprint density at radius 3 is 2.42 bits per heavy atom. The lowest BCUT2D eigenvalue weighted by molar-refractivity contribution is -0.284. The Kier molecular flexibility index (Phi) is 3.72. The Balaban J connectivity index is 1.61. The third-order valence-electron chi connectivity index (χ3n) is 7.23. The van der Waals surface area contributed by atoms with E-state index in [-0.39, 0.29) is 43.0 Å². The maximum absolute atomic E-state index is 13.9. The number of hydrogen-bond acceptors (Lipinski definition) is 2. The lowest BCUT2D eigenvalue weighted by Crippen LogP contribution is -2.63. The molecule has 4 saturated carbocycles. The third kappa shape index (κ3) is 2.39. The summed E-state index contributed by atoms with van der Waals surface area (Å²) in [5, 5.41) is 3.22. The lowest BCUT2D eigenvalue weighted by Gasteiger charge is -2.62. The fourth-order valence-corrected chi connectivity index (χ4v) is 6.58. The predicted molar refractivity (Wildman–Crippen MR) is 84.3 cm³/mol. The second-order valence-electron chi connectivity index (χ2n) is 8.90. The first-order chi connectivity index (χ1) is 11.3. The number of hydrogen-bond donors (Lipinski definition) is 1. The van der Waals surface area contributed by atoms with Gasteiger partial charge in [0.25, 0.3) is 0 Å². The zero-order valence-corrected chi connectivity index (χ0v) is 14.3. The summed E-state index contributed by atoms with van der Waals surface area (Å²) in [6, 6.07) is 0.271. The number of nitrogens with zero attached hydrogens (tertiary/aromatic N) is 1. The molecule has 5 rings (SSSR count). The number of amides is 1. The molecule has 3 unspecified atom stereocenters. The second-order valence-corrected chi connectivity index (χ2v) is 8.90. The molecular formula is C18H27F3N2O. The van der Waals surface area contributed by atoms with E-state index in [0.717, 1.165) is 19.3 Å². The van der Waals surface area contributed by atoms with Gasteiger partial charge in [0.15, 0.2) is 0 Å². The molecule has 3 nitrogen and oxygen atoms in total. The molecule has 5 aliphatic rings. The van der Waals surface area contributed by atoms with E-state index in [2.05, 4.69) is 5.32 Å². The molecule has 1 saturated heterocycles. The van der Waals surface area contributed by atoms with Crippen molar-refractivity contribution in [3.05, 3.63) is 0 Å². The topological polar surface area (TPSA) is 32.3 Å². The Hall–Kier alpha value is -0.780. The van der Waals surface area contributed by atoms with Crippen molar-refractivity contribution in [1.82, 2.24) is 10.2 Å². The number of piperidine rings is 1. The molecule has 0 aromatic heterocycles. The van der Waals surface area contributed by atoms with Gasteiger partial charge in [-0.15, -0.1) is 0 Å². The highest BCUT2D eigenvalue weighted by molar-refractivity contribution is 5.83.